The summed E-state index contributed by atoms with van der Waals surface area (Å²) in [6.45, 7) is 6.59. The summed E-state index contributed by atoms with van der Waals surface area (Å²) >= 11 is 0. The van der Waals surface area contributed by atoms with Crippen LogP contribution in [0.25, 0.3) is 0 Å². The minimum atomic E-state index is -0.293. The molecule has 0 aromatic heterocycles. The van der Waals surface area contributed by atoms with E-state index in [1.54, 1.807) is 6.92 Å². The molecular formula is C41H76O5. The van der Waals surface area contributed by atoms with Crippen molar-refractivity contribution in [1.29, 1.82) is 0 Å². The van der Waals surface area contributed by atoms with Crippen molar-refractivity contribution >= 4 is 17.7 Å². The van der Waals surface area contributed by atoms with Gasteiger partial charge in [0, 0.05) is 12.8 Å². The Bertz CT molecular complexity index is 716. The van der Waals surface area contributed by atoms with E-state index in [1.165, 1.54) is 116 Å². The topological polar surface area (TPSA) is 69.7 Å². The SMILES string of the molecule is CCCCCCCCCCCCCCCCCCOC(=O)CCC(=O)OC(C/C=C/CCCCCCCC(C)=O)CCCCCC. The van der Waals surface area contributed by atoms with Crippen molar-refractivity contribution in [3.8, 4) is 0 Å². The van der Waals surface area contributed by atoms with E-state index in [0.717, 1.165) is 64.2 Å². The maximum absolute atomic E-state index is 12.5. The first kappa shape index (κ1) is 44.4. The lowest BCUT2D eigenvalue weighted by molar-refractivity contribution is -0.153. The molecule has 0 aliphatic heterocycles. The lowest BCUT2D eigenvalue weighted by Crippen LogP contribution is -2.19. The third-order valence-corrected chi connectivity index (χ3v) is 8.94. The van der Waals surface area contributed by atoms with Gasteiger partial charge < -0.3 is 14.3 Å². The highest BCUT2D eigenvalue weighted by Gasteiger charge is 2.15. The van der Waals surface area contributed by atoms with E-state index in [-0.39, 0.29) is 36.7 Å². The second-order valence-corrected chi connectivity index (χ2v) is 13.7. The van der Waals surface area contributed by atoms with Gasteiger partial charge >= 0.3 is 11.9 Å². The van der Waals surface area contributed by atoms with E-state index < -0.39 is 0 Å². The third-order valence-electron chi connectivity index (χ3n) is 8.94. The zero-order valence-corrected chi connectivity index (χ0v) is 30.9. The Morgan fingerprint density at radius 3 is 1.50 bits per heavy atom. The molecule has 0 saturated heterocycles. The summed E-state index contributed by atoms with van der Waals surface area (Å²) in [7, 11) is 0. The lowest BCUT2D eigenvalue weighted by Gasteiger charge is -2.16. The van der Waals surface area contributed by atoms with Crippen LogP contribution in [0, 0.1) is 0 Å². The minimum absolute atomic E-state index is 0.0938. The summed E-state index contributed by atoms with van der Waals surface area (Å²) in [5.41, 5.74) is 0. The standard InChI is InChI=1S/C41H76O5/c1-4-6-8-10-11-12-13-14-15-16-17-18-21-24-27-31-37-45-40(43)35-36-41(44)46-39(33-29-9-7-5-2)34-30-26-23-20-19-22-25-28-32-38(3)42/h26,30,39H,4-25,27-29,31-37H2,1-3H3/b30-26+. The van der Waals surface area contributed by atoms with Crippen LogP contribution in [-0.2, 0) is 23.9 Å². The van der Waals surface area contributed by atoms with Crippen molar-refractivity contribution in [2.24, 2.45) is 0 Å². The molecule has 0 aromatic carbocycles. The Kier molecular flexibility index (Phi) is 34.9. The first-order valence-corrected chi connectivity index (χ1v) is 20.0. The van der Waals surface area contributed by atoms with Crippen molar-refractivity contribution in [3.63, 3.8) is 0 Å². The van der Waals surface area contributed by atoms with Gasteiger partial charge in [0.15, 0.2) is 0 Å². The predicted octanol–water partition coefficient (Wildman–Crippen LogP) is 12.7. The third kappa shape index (κ3) is 35.2. The van der Waals surface area contributed by atoms with E-state index in [1.807, 2.05) is 0 Å². The van der Waals surface area contributed by atoms with E-state index in [0.29, 0.717) is 13.0 Å². The number of hydrogen-bond donors (Lipinski definition) is 0. The van der Waals surface area contributed by atoms with E-state index in [2.05, 4.69) is 26.0 Å². The first-order chi connectivity index (χ1) is 22.5. The van der Waals surface area contributed by atoms with Crippen molar-refractivity contribution in [3.05, 3.63) is 12.2 Å². The van der Waals surface area contributed by atoms with Gasteiger partial charge in [-0.15, -0.1) is 0 Å². The molecule has 0 aromatic rings. The van der Waals surface area contributed by atoms with Crippen LogP contribution in [0.3, 0.4) is 0 Å². The summed E-state index contributed by atoms with van der Waals surface area (Å²) in [6, 6.07) is 0. The molecule has 0 N–H and O–H groups in total. The summed E-state index contributed by atoms with van der Waals surface area (Å²) in [4.78, 5) is 35.7. The Morgan fingerprint density at radius 2 is 0.957 bits per heavy atom. The molecule has 5 nitrogen and oxygen atoms in total. The molecular weight excluding hydrogens is 572 g/mol. The van der Waals surface area contributed by atoms with Gasteiger partial charge in [0.25, 0.3) is 0 Å². The van der Waals surface area contributed by atoms with Crippen LogP contribution in [0.4, 0.5) is 0 Å². The summed E-state index contributed by atoms with van der Waals surface area (Å²) < 4.78 is 11.2. The molecule has 0 bridgehead atoms. The molecule has 0 amide bonds. The van der Waals surface area contributed by atoms with Crippen LogP contribution in [0.1, 0.15) is 220 Å². The quantitative estimate of drug-likeness (QED) is 0.0384. The molecule has 0 spiro atoms. The van der Waals surface area contributed by atoms with Gasteiger partial charge in [0.05, 0.1) is 19.4 Å². The molecule has 1 atom stereocenters. The van der Waals surface area contributed by atoms with Gasteiger partial charge in [-0.1, -0.05) is 161 Å². The average Bonchev–Trinajstić information content (AvgIpc) is 3.04. The molecule has 0 aliphatic rings. The van der Waals surface area contributed by atoms with Crippen molar-refractivity contribution in [1.82, 2.24) is 0 Å². The number of unbranched alkanes of at least 4 members (excludes halogenated alkanes) is 23. The van der Waals surface area contributed by atoms with Crippen molar-refractivity contribution < 1.29 is 23.9 Å². The number of ketones is 1. The number of carbonyl (C=O) groups is 3. The highest BCUT2D eigenvalue weighted by Crippen LogP contribution is 2.16. The molecule has 5 heteroatoms. The highest BCUT2D eigenvalue weighted by atomic mass is 16.5. The number of esters is 2. The fraction of sp³-hybridized carbons (Fsp3) is 0.878. The fourth-order valence-electron chi connectivity index (χ4n) is 5.91. The molecule has 46 heavy (non-hydrogen) atoms. The highest BCUT2D eigenvalue weighted by molar-refractivity contribution is 5.77. The van der Waals surface area contributed by atoms with Gasteiger partial charge in [-0.05, 0) is 45.4 Å². The van der Waals surface area contributed by atoms with Crippen LogP contribution in [0.15, 0.2) is 12.2 Å². The second-order valence-electron chi connectivity index (χ2n) is 13.7. The molecule has 0 rings (SSSR count). The number of allylic oxidation sites excluding steroid dienone is 1. The van der Waals surface area contributed by atoms with Crippen LogP contribution >= 0.6 is 0 Å². The summed E-state index contributed by atoms with van der Waals surface area (Å²) in [6.07, 6.45) is 39.2. The van der Waals surface area contributed by atoms with Gasteiger partial charge in [0.2, 0.25) is 0 Å². The summed E-state index contributed by atoms with van der Waals surface area (Å²) in [5.74, 6) is -0.300. The molecule has 1 unspecified atom stereocenters. The largest absolute Gasteiger partial charge is 0.466 e. The summed E-state index contributed by atoms with van der Waals surface area (Å²) in [5, 5.41) is 0. The Morgan fingerprint density at radius 1 is 0.500 bits per heavy atom. The minimum Gasteiger partial charge on any atom is -0.466 e. The fourth-order valence-corrected chi connectivity index (χ4v) is 5.91. The maximum atomic E-state index is 12.5. The van der Waals surface area contributed by atoms with Crippen molar-refractivity contribution in [2.45, 2.75) is 226 Å². The lowest BCUT2D eigenvalue weighted by atomic mass is 10.0. The van der Waals surface area contributed by atoms with Crippen LogP contribution in [-0.4, -0.2) is 30.4 Å². The first-order valence-electron chi connectivity index (χ1n) is 20.0. The number of carbonyl (C=O) groups excluding carboxylic acids is 3. The molecule has 0 aliphatic carbocycles. The molecule has 0 heterocycles. The Labute approximate surface area is 285 Å². The van der Waals surface area contributed by atoms with Crippen LogP contribution in [0.2, 0.25) is 0 Å². The van der Waals surface area contributed by atoms with E-state index in [4.69, 9.17) is 9.47 Å². The monoisotopic (exact) mass is 649 g/mol. The molecule has 0 saturated carbocycles. The molecule has 0 fully saturated rings. The van der Waals surface area contributed by atoms with Gasteiger partial charge in [-0.2, -0.15) is 0 Å². The zero-order chi connectivity index (χ0) is 33.8. The number of rotatable bonds is 36. The molecule has 0 radical (unpaired) electrons. The normalized spacial score (nSPS) is 12.1. The average molecular weight is 649 g/mol. The second kappa shape index (κ2) is 36.2. The van der Waals surface area contributed by atoms with Gasteiger partial charge in [-0.3, -0.25) is 9.59 Å². The van der Waals surface area contributed by atoms with Crippen LogP contribution in [0.5, 0.6) is 0 Å². The van der Waals surface area contributed by atoms with E-state index in [9.17, 15) is 14.4 Å². The number of hydrogen-bond acceptors (Lipinski definition) is 5. The Balaban J connectivity index is 3.86. The predicted molar refractivity (Wildman–Crippen MR) is 195 cm³/mol. The Hall–Kier alpha value is -1.65. The maximum Gasteiger partial charge on any atom is 0.306 e. The number of ether oxygens (including phenoxy) is 2. The molecule has 270 valence electrons. The van der Waals surface area contributed by atoms with Crippen molar-refractivity contribution in [2.75, 3.05) is 6.61 Å². The smallest absolute Gasteiger partial charge is 0.306 e. The van der Waals surface area contributed by atoms with Gasteiger partial charge in [0.1, 0.15) is 11.9 Å². The van der Waals surface area contributed by atoms with Gasteiger partial charge in [-0.25, -0.2) is 0 Å². The van der Waals surface area contributed by atoms with Crippen LogP contribution < -0.4 is 0 Å². The zero-order valence-electron chi connectivity index (χ0n) is 30.9. The number of Topliss-reactive ketones (excluding diaryl/α,β-unsaturated/α-hetero) is 1. The van der Waals surface area contributed by atoms with E-state index >= 15 is 0 Å².